The Kier molecular flexibility index (Phi) is 7.09. The highest BCUT2D eigenvalue weighted by atomic mass is 32.2. The molecule has 2 N–H and O–H groups in total. The molecule has 2 atom stereocenters. The minimum Gasteiger partial charge on any atom is -0.491 e. The highest BCUT2D eigenvalue weighted by Crippen LogP contribution is 2.43. The van der Waals surface area contributed by atoms with Crippen LogP contribution in [0.4, 0.5) is 5.69 Å². The number of aromatic nitrogens is 1. The largest absolute Gasteiger partial charge is 0.491 e. The van der Waals surface area contributed by atoms with Crippen LogP contribution in [0.3, 0.4) is 0 Å². The monoisotopic (exact) mass is 488 g/mol. The van der Waals surface area contributed by atoms with Gasteiger partial charge in [0.05, 0.1) is 54.1 Å². The van der Waals surface area contributed by atoms with Crippen molar-refractivity contribution in [2.75, 3.05) is 31.0 Å². The Balaban J connectivity index is 2.18. The molecule has 1 aliphatic heterocycles. The smallest absolute Gasteiger partial charge is 0.257 e. The fraction of sp³-hybridized carbons (Fsp3) is 0.364. The molecule has 0 aliphatic carbocycles. The van der Waals surface area contributed by atoms with E-state index in [-0.39, 0.29) is 40.6 Å². The van der Waals surface area contributed by atoms with Crippen molar-refractivity contribution in [1.29, 1.82) is 5.26 Å². The van der Waals surface area contributed by atoms with E-state index in [1.165, 1.54) is 38.3 Å². The highest BCUT2D eigenvalue weighted by Gasteiger charge is 2.44. The molecule has 34 heavy (non-hydrogen) atoms. The number of hydrogen-bond acceptors (Lipinski definition) is 9. The molecule has 11 nitrogen and oxygen atoms in total. The number of aliphatic hydroxyl groups is 1. The minimum atomic E-state index is -3.67. The Hall–Kier alpha value is -3.69. The van der Waals surface area contributed by atoms with Crippen molar-refractivity contribution < 1.29 is 32.6 Å². The number of aliphatic hydroxyl groups excluding tert-OH is 1. The van der Waals surface area contributed by atoms with Crippen LogP contribution in [0.2, 0.25) is 0 Å². The molecule has 0 fully saturated rings. The Morgan fingerprint density at radius 2 is 2.09 bits per heavy atom. The Bertz CT molecular complexity index is 1290. The fourth-order valence-electron chi connectivity index (χ4n) is 3.79. The van der Waals surface area contributed by atoms with Crippen molar-refractivity contribution >= 4 is 27.3 Å². The number of pyridine rings is 1. The molecule has 2 aromatic rings. The van der Waals surface area contributed by atoms with Gasteiger partial charge in [-0.15, -0.1) is 0 Å². The summed E-state index contributed by atoms with van der Waals surface area (Å²) in [7, 11) is -2.24. The van der Waals surface area contributed by atoms with Gasteiger partial charge >= 0.3 is 0 Å². The third kappa shape index (κ3) is 4.95. The normalized spacial score (nSPS) is 15.9. The number of nitrogens with one attached hydrogen (secondary N) is 1. The van der Waals surface area contributed by atoms with Crippen LogP contribution < -0.4 is 14.8 Å². The zero-order chi connectivity index (χ0) is 25.2. The number of nitriles is 1. The van der Waals surface area contributed by atoms with Gasteiger partial charge in [-0.1, -0.05) is 0 Å². The summed E-state index contributed by atoms with van der Waals surface area (Å²) in [4.78, 5) is 30.4. The lowest BCUT2D eigenvalue weighted by Crippen LogP contribution is -2.37. The molecule has 1 aliphatic rings. The number of fused-ring (bicyclic) bond motifs is 1. The molecule has 2 heterocycles. The van der Waals surface area contributed by atoms with E-state index in [0.717, 1.165) is 11.2 Å². The summed E-state index contributed by atoms with van der Waals surface area (Å²) in [6.07, 6.45) is -0.605. The number of anilines is 1. The topological polar surface area (TPSA) is 159 Å². The van der Waals surface area contributed by atoms with Crippen molar-refractivity contribution in [1.82, 2.24) is 9.88 Å². The van der Waals surface area contributed by atoms with Gasteiger partial charge in [0.25, 0.3) is 11.8 Å². The lowest BCUT2D eigenvalue weighted by molar-refractivity contribution is -0.114. The maximum atomic E-state index is 13.4. The quantitative estimate of drug-likeness (QED) is 0.562. The van der Waals surface area contributed by atoms with Crippen LogP contribution in [0.15, 0.2) is 24.3 Å². The lowest BCUT2D eigenvalue weighted by Gasteiger charge is -2.30. The van der Waals surface area contributed by atoms with Crippen LogP contribution in [0, 0.1) is 11.3 Å². The molecule has 0 saturated heterocycles. The second kappa shape index (κ2) is 9.66. The summed E-state index contributed by atoms with van der Waals surface area (Å²) in [6.45, 7) is 3.25. The number of nitrogens with zero attached hydrogens (tertiary/aromatic N) is 3. The van der Waals surface area contributed by atoms with E-state index < -0.39 is 39.7 Å². The maximum Gasteiger partial charge on any atom is 0.257 e. The second-order valence-electron chi connectivity index (χ2n) is 7.65. The van der Waals surface area contributed by atoms with E-state index in [4.69, 9.17) is 9.47 Å². The van der Waals surface area contributed by atoms with Crippen LogP contribution in [0.25, 0.3) is 0 Å². The van der Waals surface area contributed by atoms with E-state index in [0.29, 0.717) is 5.75 Å². The van der Waals surface area contributed by atoms with E-state index in [2.05, 4.69) is 10.3 Å². The molecule has 1 aromatic heterocycles. The van der Waals surface area contributed by atoms with Gasteiger partial charge in [-0.3, -0.25) is 14.5 Å². The van der Waals surface area contributed by atoms with Gasteiger partial charge < -0.3 is 19.9 Å². The van der Waals surface area contributed by atoms with Crippen LogP contribution in [0.5, 0.6) is 11.6 Å². The number of carbonyl (C=O) groups excluding carboxylic acids is 2. The first-order chi connectivity index (χ1) is 16.0. The van der Waals surface area contributed by atoms with Gasteiger partial charge in [-0.2, -0.15) is 5.26 Å². The summed E-state index contributed by atoms with van der Waals surface area (Å²) in [5.41, 5.74) is 0.367. The van der Waals surface area contributed by atoms with E-state index in [9.17, 15) is 28.4 Å². The predicted octanol–water partition coefficient (Wildman–Crippen LogP) is 1.55. The molecule has 2 unspecified atom stereocenters. The number of ether oxygens (including phenoxy) is 2. The average Bonchev–Trinajstić information content (AvgIpc) is 3.01. The lowest BCUT2D eigenvalue weighted by atomic mass is 10.0. The van der Waals surface area contributed by atoms with Gasteiger partial charge in [0.2, 0.25) is 5.91 Å². The molecule has 0 bridgehead atoms. The molecule has 0 spiro atoms. The van der Waals surface area contributed by atoms with Gasteiger partial charge in [0.1, 0.15) is 9.84 Å². The minimum absolute atomic E-state index is 0.0210. The molecule has 12 heteroatoms. The summed E-state index contributed by atoms with van der Waals surface area (Å²) in [6, 6.07) is 6.34. The average molecular weight is 489 g/mol. The molecule has 180 valence electrons. The van der Waals surface area contributed by atoms with Crippen LogP contribution >= 0.6 is 0 Å². The number of hydrogen-bond donors (Lipinski definition) is 2. The van der Waals surface area contributed by atoms with Crippen LogP contribution in [0.1, 0.15) is 53.3 Å². The van der Waals surface area contributed by atoms with E-state index in [1.807, 2.05) is 6.07 Å². The molecule has 0 radical (unpaired) electrons. The zero-order valence-corrected chi connectivity index (χ0v) is 19.8. The third-order valence-electron chi connectivity index (χ3n) is 5.09. The first kappa shape index (κ1) is 24.9. The van der Waals surface area contributed by atoms with Crippen molar-refractivity contribution in [2.45, 2.75) is 26.1 Å². The van der Waals surface area contributed by atoms with Crippen LogP contribution in [-0.2, 0) is 14.6 Å². The summed E-state index contributed by atoms with van der Waals surface area (Å²) in [5, 5.41) is 23.0. The molecule has 0 saturated carbocycles. The third-order valence-corrected chi connectivity index (χ3v) is 6.01. The maximum absolute atomic E-state index is 13.4. The summed E-state index contributed by atoms with van der Waals surface area (Å²) in [5.74, 6) is -1.32. The Morgan fingerprint density at radius 1 is 1.38 bits per heavy atom. The number of sulfone groups is 1. The SMILES string of the molecule is CCOc1nc(C(CS(C)(=O)=O)N2C(=O)c3cc(C#N)cc(NC(C)=O)c3C2O)ccc1OC. The first-order valence-electron chi connectivity index (χ1n) is 10.2. The van der Waals surface area contributed by atoms with Crippen molar-refractivity contribution in [3.05, 3.63) is 46.6 Å². The van der Waals surface area contributed by atoms with Gasteiger partial charge in [-0.05, 0) is 31.2 Å². The van der Waals surface area contributed by atoms with Crippen molar-refractivity contribution in [3.63, 3.8) is 0 Å². The fourth-order valence-corrected chi connectivity index (χ4v) is 4.69. The van der Waals surface area contributed by atoms with Crippen molar-refractivity contribution in [2.24, 2.45) is 0 Å². The molecular formula is C22H24N4O7S. The number of amides is 2. The number of carbonyl (C=O) groups is 2. The van der Waals surface area contributed by atoms with E-state index in [1.54, 1.807) is 6.92 Å². The van der Waals surface area contributed by atoms with Crippen molar-refractivity contribution in [3.8, 4) is 17.7 Å². The number of rotatable bonds is 8. The Morgan fingerprint density at radius 3 is 2.65 bits per heavy atom. The second-order valence-corrected chi connectivity index (χ2v) is 9.83. The Labute approximate surface area is 196 Å². The van der Waals surface area contributed by atoms with Crippen LogP contribution in [-0.4, -0.2) is 60.9 Å². The number of benzene rings is 1. The van der Waals surface area contributed by atoms with E-state index >= 15 is 0 Å². The highest BCUT2D eigenvalue weighted by molar-refractivity contribution is 7.90. The van der Waals surface area contributed by atoms with Gasteiger partial charge in [-0.25, -0.2) is 13.4 Å². The predicted molar refractivity (Wildman–Crippen MR) is 121 cm³/mol. The molecule has 2 amide bonds. The zero-order valence-electron chi connectivity index (χ0n) is 19.0. The molecule has 3 rings (SSSR count). The summed E-state index contributed by atoms with van der Waals surface area (Å²) < 4.78 is 35.3. The van der Waals surface area contributed by atoms with Gasteiger partial charge in [0.15, 0.2) is 12.0 Å². The number of methoxy groups -OCH3 is 1. The van der Waals surface area contributed by atoms with Gasteiger partial charge in [0, 0.05) is 18.7 Å². The standard InChI is InChI=1S/C22H24N4O7S/c1-5-33-20-18(32-3)7-6-15(25-20)17(11-34(4,30)31)26-21(28)14-8-13(10-23)9-16(24-12(2)27)19(14)22(26)29/h6-9,17,22,29H,5,11H2,1-4H3,(H,24,27). The molecule has 1 aromatic carbocycles. The molecular weight excluding hydrogens is 464 g/mol. The summed E-state index contributed by atoms with van der Waals surface area (Å²) >= 11 is 0. The first-order valence-corrected chi connectivity index (χ1v) is 12.3.